The molecule has 74 valence electrons. The SMILES string of the molecule is COc1c(N)ccc2c1CC(=O)N2C. The van der Waals surface area contributed by atoms with Gasteiger partial charge in [-0.15, -0.1) is 0 Å². The molecule has 1 heterocycles. The van der Waals surface area contributed by atoms with Gasteiger partial charge in [-0.25, -0.2) is 0 Å². The van der Waals surface area contributed by atoms with Crippen LogP contribution in [0, 0.1) is 0 Å². The molecule has 4 nitrogen and oxygen atoms in total. The molecule has 2 rings (SSSR count). The number of benzene rings is 1. The number of methoxy groups -OCH3 is 1. The summed E-state index contributed by atoms with van der Waals surface area (Å²) in [6, 6.07) is 3.60. The summed E-state index contributed by atoms with van der Waals surface area (Å²) in [7, 11) is 3.32. The lowest BCUT2D eigenvalue weighted by Gasteiger charge is -2.12. The normalized spacial score (nSPS) is 14.4. The highest BCUT2D eigenvalue weighted by Crippen LogP contribution is 2.38. The number of hydrogen-bond acceptors (Lipinski definition) is 3. The van der Waals surface area contributed by atoms with Gasteiger partial charge in [-0.2, -0.15) is 0 Å². The van der Waals surface area contributed by atoms with Crippen LogP contribution in [-0.2, 0) is 11.2 Å². The van der Waals surface area contributed by atoms with Gasteiger partial charge in [0, 0.05) is 12.6 Å². The molecule has 0 spiro atoms. The fourth-order valence-electron chi connectivity index (χ4n) is 1.77. The quantitative estimate of drug-likeness (QED) is 0.669. The van der Waals surface area contributed by atoms with E-state index in [1.54, 1.807) is 25.1 Å². The number of carbonyl (C=O) groups excluding carboxylic acids is 1. The van der Waals surface area contributed by atoms with Gasteiger partial charge >= 0.3 is 0 Å². The molecule has 0 aromatic heterocycles. The molecule has 1 amide bonds. The van der Waals surface area contributed by atoms with Crippen LogP contribution in [0.25, 0.3) is 0 Å². The van der Waals surface area contributed by atoms with Gasteiger partial charge in [0.05, 0.1) is 24.9 Å². The maximum absolute atomic E-state index is 11.4. The lowest BCUT2D eigenvalue weighted by molar-refractivity contribution is -0.117. The van der Waals surface area contributed by atoms with Crippen molar-refractivity contribution >= 4 is 17.3 Å². The number of carbonyl (C=O) groups is 1. The Bertz CT molecular complexity index is 401. The Hall–Kier alpha value is -1.71. The number of fused-ring (bicyclic) bond motifs is 1. The van der Waals surface area contributed by atoms with Crippen LogP contribution in [0.5, 0.6) is 5.75 Å². The molecule has 0 saturated carbocycles. The predicted molar refractivity (Wildman–Crippen MR) is 54.5 cm³/mol. The maximum Gasteiger partial charge on any atom is 0.231 e. The third-order valence-corrected chi connectivity index (χ3v) is 2.53. The molecule has 1 aliphatic rings. The van der Waals surface area contributed by atoms with Crippen molar-refractivity contribution in [3.63, 3.8) is 0 Å². The number of amides is 1. The molecular weight excluding hydrogens is 180 g/mol. The Morgan fingerprint density at radius 2 is 2.21 bits per heavy atom. The number of nitrogen functional groups attached to an aromatic ring is 1. The number of hydrogen-bond donors (Lipinski definition) is 1. The van der Waals surface area contributed by atoms with E-state index < -0.39 is 0 Å². The second-order valence-corrected chi connectivity index (χ2v) is 3.32. The molecule has 0 fully saturated rings. The minimum Gasteiger partial charge on any atom is -0.494 e. The van der Waals surface area contributed by atoms with E-state index in [1.165, 1.54) is 0 Å². The first-order valence-corrected chi connectivity index (χ1v) is 4.37. The molecule has 0 saturated heterocycles. The smallest absolute Gasteiger partial charge is 0.231 e. The lowest BCUT2D eigenvalue weighted by Crippen LogP contribution is -2.20. The minimum atomic E-state index is 0.0731. The molecular formula is C10H12N2O2. The van der Waals surface area contributed by atoms with E-state index in [0.29, 0.717) is 17.9 Å². The topological polar surface area (TPSA) is 55.6 Å². The van der Waals surface area contributed by atoms with Crippen LogP contribution in [0.3, 0.4) is 0 Å². The molecule has 0 bridgehead atoms. The number of nitrogens with zero attached hydrogens (tertiary/aromatic N) is 1. The molecule has 1 aliphatic heterocycles. The largest absolute Gasteiger partial charge is 0.494 e. The van der Waals surface area contributed by atoms with E-state index in [9.17, 15) is 4.79 Å². The predicted octanol–water partition coefficient (Wildman–Crippen LogP) is 0.796. The van der Waals surface area contributed by atoms with Crippen LogP contribution in [-0.4, -0.2) is 20.1 Å². The minimum absolute atomic E-state index is 0.0731. The van der Waals surface area contributed by atoms with Gasteiger partial charge < -0.3 is 15.4 Å². The molecule has 0 atom stereocenters. The molecule has 0 radical (unpaired) electrons. The third kappa shape index (κ3) is 1.04. The van der Waals surface area contributed by atoms with Crippen molar-refractivity contribution in [1.82, 2.24) is 0 Å². The van der Waals surface area contributed by atoms with E-state index in [-0.39, 0.29) is 5.91 Å². The molecule has 2 N–H and O–H groups in total. The second-order valence-electron chi connectivity index (χ2n) is 3.32. The maximum atomic E-state index is 11.4. The van der Waals surface area contributed by atoms with Gasteiger partial charge in [-0.1, -0.05) is 0 Å². The highest BCUT2D eigenvalue weighted by atomic mass is 16.5. The monoisotopic (exact) mass is 192 g/mol. The summed E-state index contributed by atoms with van der Waals surface area (Å²) < 4.78 is 5.18. The Morgan fingerprint density at radius 3 is 2.86 bits per heavy atom. The van der Waals surface area contributed by atoms with E-state index in [2.05, 4.69) is 0 Å². The van der Waals surface area contributed by atoms with E-state index in [4.69, 9.17) is 10.5 Å². The lowest BCUT2D eigenvalue weighted by atomic mass is 10.1. The highest BCUT2D eigenvalue weighted by Gasteiger charge is 2.27. The molecule has 0 aliphatic carbocycles. The van der Waals surface area contributed by atoms with E-state index in [1.807, 2.05) is 6.07 Å². The molecule has 4 heteroatoms. The number of rotatable bonds is 1. The van der Waals surface area contributed by atoms with Crippen LogP contribution < -0.4 is 15.4 Å². The zero-order valence-electron chi connectivity index (χ0n) is 8.20. The van der Waals surface area contributed by atoms with Crippen molar-refractivity contribution in [3.05, 3.63) is 17.7 Å². The summed E-state index contributed by atoms with van der Waals surface area (Å²) in [4.78, 5) is 13.1. The van der Waals surface area contributed by atoms with Gasteiger partial charge in [-0.05, 0) is 12.1 Å². The fraction of sp³-hybridized carbons (Fsp3) is 0.300. The molecule has 0 unspecified atom stereocenters. The van der Waals surface area contributed by atoms with Crippen molar-refractivity contribution in [1.29, 1.82) is 0 Å². The Labute approximate surface area is 82.3 Å². The third-order valence-electron chi connectivity index (χ3n) is 2.53. The summed E-state index contributed by atoms with van der Waals surface area (Å²) >= 11 is 0. The zero-order valence-corrected chi connectivity index (χ0v) is 8.20. The van der Waals surface area contributed by atoms with Crippen LogP contribution in [0.2, 0.25) is 0 Å². The number of ether oxygens (including phenoxy) is 1. The second kappa shape index (κ2) is 2.90. The van der Waals surface area contributed by atoms with Crippen LogP contribution in [0.1, 0.15) is 5.56 Å². The number of nitrogens with two attached hydrogens (primary N) is 1. The van der Waals surface area contributed by atoms with Crippen molar-refractivity contribution in [2.75, 3.05) is 24.8 Å². The standard InChI is InChI=1S/C10H12N2O2/c1-12-8-4-3-7(11)10(14-2)6(8)5-9(12)13/h3-4H,5,11H2,1-2H3. The number of likely N-dealkylation sites (N-methyl/N-ethyl adjacent to an activating group) is 1. The van der Waals surface area contributed by atoms with Crippen molar-refractivity contribution in [3.8, 4) is 5.75 Å². The average molecular weight is 192 g/mol. The van der Waals surface area contributed by atoms with Gasteiger partial charge in [-0.3, -0.25) is 4.79 Å². The number of anilines is 2. The zero-order chi connectivity index (χ0) is 10.3. The van der Waals surface area contributed by atoms with Crippen LogP contribution >= 0.6 is 0 Å². The Morgan fingerprint density at radius 1 is 1.50 bits per heavy atom. The van der Waals surface area contributed by atoms with E-state index >= 15 is 0 Å². The van der Waals surface area contributed by atoms with Crippen LogP contribution in [0.4, 0.5) is 11.4 Å². The Kier molecular flexibility index (Phi) is 1.84. The first-order chi connectivity index (χ1) is 6.65. The van der Waals surface area contributed by atoms with Crippen molar-refractivity contribution in [2.45, 2.75) is 6.42 Å². The summed E-state index contributed by atoms with van der Waals surface area (Å²) in [5, 5.41) is 0. The summed E-state index contributed by atoms with van der Waals surface area (Å²) in [5.41, 5.74) is 8.10. The summed E-state index contributed by atoms with van der Waals surface area (Å²) in [6.07, 6.45) is 0.375. The van der Waals surface area contributed by atoms with Gasteiger partial charge in [0.2, 0.25) is 5.91 Å². The molecule has 14 heavy (non-hydrogen) atoms. The van der Waals surface area contributed by atoms with Crippen molar-refractivity contribution < 1.29 is 9.53 Å². The molecule has 1 aromatic rings. The van der Waals surface area contributed by atoms with Gasteiger partial charge in [0.1, 0.15) is 5.75 Å². The van der Waals surface area contributed by atoms with Gasteiger partial charge in [0.15, 0.2) is 0 Å². The first kappa shape index (κ1) is 8.87. The Balaban J connectivity index is 2.61. The van der Waals surface area contributed by atoms with Crippen LogP contribution in [0.15, 0.2) is 12.1 Å². The highest BCUT2D eigenvalue weighted by molar-refractivity contribution is 6.02. The summed E-state index contributed by atoms with van der Waals surface area (Å²) in [6.45, 7) is 0. The first-order valence-electron chi connectivity index (χ1n) is 4.37. The average Bonchev–Trinajstić information content (AvgIpc) is 2.43. The van der Waals surface area contributed by atoms with Crippen molar-refractivity contribution in [2.24, 2.45) is 0 Å². The summed E-state index contributed by atoms with van der Waals surface area (Å²) in [5.74, 6) is 0.698. The van der Waals surface area contributed by atoms with E-state index in [0.717, 1.165) is 11.3 Å². The molecule has 1 aromatic carbocycles. The fourth-order valence-corrected chi connectivity index (χ4v) is 1.77. The van der Waals surface area contributed by atoms with Gasteiger partial charge in [0.25, 0.3) is 0 Å².